The van der Waals surface area contributed by atoms with Crippen molar-refractivity contribution in [1.82, 2.24) is 9.88 Å². The molecule has 0 unspecified atom stereocenters. The molecule has 2 aromatic rings. The summed E-state index contributed by atoms with van der Waals surface area (Å²) in [5.74, 6) is -2.09. The fourth-order valence-corrected chi connectivity index (χ4v) is 7.32. The summed E-state index contributed by atoms with van der Waals surface area (Å²) in [6.07, 6.45) is -9.07. The van der Waals surface area contributed by atoms with Gasteiger partial charge in [-0.15, -0.1) is 0 Å². The van der Waals surface area contributed by atoms with E-state index in [9.17, 15) is 48.0 Å². The molecule has 7 nitrogen and oxygen atoms in total. The van der Waals surface area contributed by atoms with E-state index < -0.39 is 81.0 Å². The topological polar surface area (TPSA) is 101 Å². The summed E-state index contributed by atoms with van der Waals surface area (Å²) in [6.45, 7) is 3.84. The van der Waals surface area contributed by atoms with Crippen LogP contribution in [-0.4, -0.2) is 56.2 Å². The minimum Gasteiger partial charge on any atom is -0.337 e. The summed E-state index contributed by atoms with van der Waals surface area (Å²) in [6, 6.07) is 3.79. The van der Waals surface area contributed by atoms with Gasteiger partial charge in [-0.25, -0.2) is 21.8 Å². The van der Waals surface area contributed by atoms with Crippen LogP contribution in [0.1, 0.15) is 55.2 Å². The zero-order valence-electron chi connectivity index (χ0n) is 21.1. The zero-order valence-corrected chi connectivity index (χ0v) is 22.7. The SMILES string of the molecule is CCS(=O)(=O)c1cc(C(F)(F)F)cnc1C(=O)N1CCC(C(C)(C)S(=O)(=O)c2cccc(C(F)(F)F)c2)CC1. The van der Waals surface area contributed by atoms with E-state index in [-0.39, 0.29) is 25.9 Å². The van der Waals surface area contributed by atoms with Crippen molar-refractivity contribution < 1.29 is 48.0 Å². The third kappa shape index (κ3) is 6.08. The fraction of sp³-hybridized carbons (Fsp3) is 0.500. The first-order valence-electron chi connectivity index (χ1n) is 11.7. The van der Waals surface area contributed by atoms with E-state index in [0.29, 0.717) is 18.3 Å². The summed E-state index contributed by atoms with van der Waals surface area (Å²) in [5.41, 5.74) is -3.10. The molecule has 1 fully saturated rings. The molecule has 1 saturated heterocycles. The van der Waals surface area contributed by atoms with E-state index in [1.165, 1.54) is 25.7 Å². The van der Waals surface area contributed by atoms with Crippen LogP contribution in [0, 0.1) is 5.92 Å². The number of halogens is 6. The third-order valence-corrected chi connectivity index (χ3v) is 11.4. The van der Waals surface area contributed by atoms with Gasteiger partial charge in [0.05, 0.1) is 31.4 Å². The second kappa shape index (κ2) is 10.4. The summed E-state index contributed by atoms with van der Waals surface area (Å²) < 4.78 is 129. The number of carbonyl (C=O) groups excluding carboxylic acids is 1. The number of aromatic nitrogens is 1. The van der Waals surface area contributed by atoms with Crippen LogP contribution in [0.4, 0.5) is 26.3 Å². The monoisotopic (exact) mass is 600 g/mol. The number of alkyl halides is 6. The number of amides is 1. The Morgan fingerprint density at radius 1 is 0.949 bits per heavy atom. The molecule has 0 bridgehead atoms. The minimum atomic E-state index is -4.89. The smallest absolute Gasteiger partial charge is 0.337 e. The molecule has 15 heteroatoms. The molecule has 0 N–H and O–H groups in total. The Hall–Kier alpha value is -2.68. The number of carbonyl (C=O) groups is 1. The van der Waals surface area contributed by atoms with Gasteiger partial charge in [0, 0.05) is 19.3 Å². The standard InChI is InChI=1S/C24H26F6N2O5S2/c1-4-38(34,35)19-13-17(24(28,29)30)14-31-20(19)21(33)32-10-8-15(9-11-32)22(2,3)39(36,37)18-7-5-6-16(12-18)23(25,26)27/h5-7,12-15H,4,8-11H2,1-3H3. The molecule has 216 valence electrons. The molecule has 1 aromatic heterocycles. The van der Waals surface area contributed by atoms with E-state index in [0.717, 1.165) is 18.2 Å². The Morgan fingerprint density at radius 2 is 1.51 bits per heavy atom. The molecule has 0 saturated carbocycles. The quantitative estimate of drug-likeness (QED) is 0.432. The van der Waals surface area contributed by atoms with Gasteiger partial charge in [-0.2, -0.15) is 26.3 Å². The lowest BCUT2D eigenvalue weighted by molar-refractivity contribution is -0.138. The van der Waals surface area contributed by atoms with Gasteiger partial charge in [0.2, 0.25) is 0 Å². The molecule has 0 radical (unpaired) electrons. The first kappa shape index (κ1) is 30.9. The highest BCUT2D eigenvalue weighted by molar-refractivity contribution is 7.92. The van der Waals surface area contributed by atoms with Gasteiger partial charge >= 0.3 is 12.4 Å². The predicted molar refractivity (Wildman–Crippen MR) is 128 cm³/mol. The van der Waals surface area contributed by atoms with Crippen molar-refractivity contribution in [3.8, 4) is 0 Å². The molecule has 2 heterocycles. The van der Waals surface area contributed by atoms with Gasteiger partial charge in [-0.1, -0.05) is 13.0 Å². The molecule has 0 atom stereocenters. The van der Waals surface area contributed by atoms with Crippen LogP contribution in [-0.2, 0) is 32.0 Å². The van der Waals surface area contributed by atoms with Crippen molar-refractivity contribution in [2.75, 3.05) is 18.8 Å². The molecular weight excluding hydrogens is 574 g/mol. The van der Waals surface area contributed by atoms with Crippen LogP contribution >= 0.6 is 0 Å². The first-order valence-corrected chi connectivity index (χ1v) is 14.9. The molecule has 39 heavy (non-hydrogen) atoms. The lowest BCUT2D eigenvalue weighted by Gasteiger charge is -2.40. The van der Waals surface area contributed by atoms with Crippen LogP contribution in [0.3, 0.4) is 0 Å². The number of sulfone groups is 2. The third-order valence-electron chi connectivity index (χ3n) is 7.03. The van der Waals surface area contributed by atoms with Gasteiger partial charge in [-0.05, 0) is 56.9 Å². The van der Waals surface area contributed by atoms with Crippen molar-refractivity contribution in [2.24, 2.45) is 5.92 Å². The summed E-state index contributed by atoms with van der Waals surface area (Å²) in [5, 5.41) is 0. The Balaban J connectivity index is 1.86. The number of nitrogens with zero attached hydrogens (tertiary/aromatic N) is 2. The highest BCUT2D eigenvalue weighted by Crippen LogP contribution is 2.40. The van der Waals surface area contributed by atoms with Gasteiger partial charge in [0.1, 0.15) is 5.69 Å². The molecule has 0 spiro atoms. The Labute approximate surface area is 222 Å². The van der Waals surface area contributed by atoms with Crippen molar-refractivity contribution in [1.29, 1.82) is 0 Å². The van der Waals surface area contributed by atoms with Crippen LogP contribution < -0.4 is 0 Å². The lowest BCUT2D eigenvalue weighted by atomic mass is 9.85. The molecule has 1 aromatic carbocycles. The number of piperidine rings is 1. The summed E-state index contributed by atoms with van der Waals surface area (Å²) >= 11 is 0. The molecular formula is C24H26F6N2O5S2. The van der Waals surface area contributed by atoms with Crippen molar-refractivity contribution in [3.63, 3.8) is 0 Å². The van der Waals surface area contributed by atoms with Crippen molar-refractivity contribution >= 4 is 25.6 Å². The molecule has 1 aliphatic rings. The Morgan fingerprint density at radius 3 is 2.03 bits per heavy atom. The minimum absolute atomic E-state index is 0.0701. The summed E-state index contributed by atoms with van der Waals surface area (Å²) in [7, 11) is -8.52. The first-order chi connectivity index (χ1) is 17.7. The normalized spacial score (nSPS) is 16.4. The van der Waals surface area contributed by atoms with Crippen LogP contribution in [0.25, 0.3) is 0 Å². The highest BCUT2D eigenvalue weighted by Gasteiger charge is 2.45. The van der Waals surface area contributed by atoms with Crippen molar-refractivity contribution in [2.45, 2.75) is 60.5 Å². The number of pyridine rings is 1. The van der Waals surface area contributed by atoms with E-state index in [4.69, 9.17) is 0 Å². The van der Waals surface area contributed by atoms with Gasteiger partial charge < -0.3 is 4.90 Å². The maximum absolute atomic E-state index is 13.4. The maximum atomic E-state index is 13.4. The van der Waals surface area contributed by atoms with E-state index in [2.05, 4.69) is 4.98 Å². The second-order valence-electron chi connectivity index (χ2n) is 9.67. The number of hydrogen-bond acceptors (Lipinski definition) is 6. The van der Waals surface area contributed by atoms with Gasteiger partial charge in [0.25, 0.3) is 5.91 Å². The number of benzene rings is 1. The highest BCUT2D eigenvalue weighted by atomic mass is 32.2. The molecule has 3 rings (SSSR count). The average molecular weight is 601 g/mol. The summed E-state index contributed by atoms with van der Waals surface area (Å²) in [4.78, 5) is 16.5. The zero-order chi connectivity index (χ0) is 29.6. The Bertz CT molecular complexity index is 1460. The lowest BCUT2D eigenvalue weighted by Crippen LogP contribution is -2.48. The van der Waals surface area contributed by atoms with Gasteiger partial charge in [0.15, 0.2) is 19.7 Å². The van der Waals surface area contributed by atoms with Crippen molar-refractivity contribution in [3.05, 3.63) is 53.3 Å². The van der Waals surface area contributed by atoms with Crippen LogP contribution in [0.2, 0.25) is 0 Å². The average Bonchev–Trinajstić information content (AvgIpc) is 2.87. The number of likely N-dealkylation sites (tertiary alicyclic amines) is 1. The van der Waals surface area contributed by atoms with E-state index >= 15 is 0 Å². The number of rotatable bonds is 6. The molecule has 0 aliphatic carbocycles. The van der Waals surface area contributed by atoms with Crippen LogP contribution in [0.15, 0.2) is 46.3 Å². The van der Waals surface area contributed by atoms with Gasteiger partial charge in [-0.3, -0.25) is 4.79 Å². The van der Waals surface area contributed by atoms with E-state index in [1.54, 1.807) is 0 Å². The number of hydrogen-bond donors (Lipinski definition) is 0. The van der Waals surface area contributed by atoms with E-state index in [1.807, 2.05) is 0 Å². The Kier molecular flexibility index (Phi) is 8.21. The van der Waals surface area contributed by atoms with Crippen LogP contribution in [0.5, 0.6) is 0 Å². The molecule has 1 amide bonds. The second-order valence-corrected chi connectivity index (χ2v) is 14.4. The maximum Gasteiger partial charge on any atom is 0.417 e. The predicted octanol–water partition coefficient (Wildman–Crippen LogP) is 5.02. The largest absolute Gasteiger partial charge is 0.417 e. The fourth-order valence-electron chi connectivity index (χ4n) is 4.44. The molecule has 1 aliphatic heterocycles.